The molecular weight excluding hydrogens is 318 g/mol. The second-order valence-electron chi connectivity index (χ2n) is 4.47. The lowest BCUT2D eigenvalue weighted by Crippen LogP contribution is -2.25. The van der Waals surface area contributed by atoms with Gasteiger partial charge in [0.2, 0.25) is 0 Å². The molecule has 2 rings (SSSR count). The maximum Gasteiger partial charge on any atom is 0.191 e. The van der Waals surface area contributed by atoms with Crippen LogP contribution in [0.15, 0.2) is 53.6 Å². The van der Waals surface area contributed by atoms with Gasteiger partial charge >= 0.3 is 0 Å². The molecule has 0 spiro atoms. The molecule has 0 radical (unpaired) electrons. The predicted molar refractivity (Wildman–Crippen MR) is 96.0 cm³/mol. The van der Waals surface area contributed by atoms with Crippen molar-refractivity contribution in [2.45, 2.75) is 6.92 Å². The van der Waals surface area contributed by atoms with Gasteiger partial charge < -0.3 is 10.1 Å². The van der Waals surface area contributed by atoms with Gasteiger partial charge in [-0.15, -0.1) is 0 Å². The summed E-state index contributed by atoms with van der Waals surface area (Å²) in [6, 6.07) is 15.0. The third kappa shape index (κ3) is 4.44. The largest absolute Gasteiger partial charge is 0.497 e. The Morgan fingerprint density at radius 2 is 1.82 bits per heavy atom. The first-order valence-electron chi connectivity index (χ1n) is 6.60. The summed E-state index contributed by atoms with van der Waals surface area (Å²) in [5.74, 6) is 0.789. The molecule has 0 saturated carbocycles. The molecule has 0 fully saturated rings. The molecule has 22 heavy (non-hydrogen) atoms. The zero-order chi connectivity index (χ0) is 15.9. The zero-order valence-corrected chi connectivity index (χ0v) is 13.8. The lowest BCUT2D eigenvalue weighted by Gasteiger charge is -2.09. The fraction of sp³-hybridized carbons (Fsp3) is 0.125. The van der Waals surface area contributed by atoms with Crippen molar-refractivity contribution in [2.24, 2.45) is 5.10 Å². The summed E-state index contributed by atoms with van der Waals surface area (Å²) < 4.78 is 5.10. The maximum absolute atomic E-state index is 6.12. The van der Waals surface area contributed by atoms with Crippen LogP contribution in [-0.2, 0) is 0 Å². The van der Waals surface area contributed by atoms with E-state index in [1.54, 1.807) is 7.11 Å². The highest BCUT2D eigenvalue weighted by molar-refractivity contribution is 7.80. The van der Waals surface area contributed by atoms with Crippen molar-refractivity contribution < 1.29 is 4.74 Å². The van der Waals surface area contributed by atoms with Crippen molar-refractivity contribution in [3.63, 3.8) is 0 Å². The summed E-state index contributed by atoms with van der Waals surface area (Å²) in [5.41, 5.74) is 5.27. The Hall–Kier alpha value is -2.11. The molecule has 0 amide bonds. The average molecular weight is 334 g/mol. The summed E-state index contributed by atoms with van der Waals surface area (Å²) in [6.45, 7) is 1.87. The Morgan fingerprint density at radius 3 is 2.45 bits per heavy atom. The monoisotopic (exact) mass is 333 g/mol. The molecule has 0 saturated heterocycles. The van der Waals surface area contributed by atoms with Gasteiger partial charge in [-0.05, 0) is 49.5 Å². The van der Waals surface area contributed by atoms with Crippen molar-refractivity contribution in [1.29, 1.82) is 0 Å². The van der Waals surface area contributed by atoms with E-state index in [0.29, 0.717) is 10.1 Å². The van der Waals surface area contributed by atoms with Gasteiger partial charge in [-0.1, -0.05) is 29.8 Å². The molecule has 0 aliphatic heterocycles. The van der Waals surface area contributed by atoms with E-state index in [1.165, 1.54) is 0 Å². The molecule has 4 nitrogen and oxygen atoms in total. The first kappa shape index (κ1) is 16.3. The molecule has 6 heteroatoms. The third-order valence-corrected chi connectivity index (χ3v) is 3.46. The Bertz CT molecular complexity index is 686. The summed E-state index contributed by atoms with van der Waals surface area (Å²) in [6.07, 6.45) is 0. The van der Waals surface area contributed by atoms with Crippen molar-refractivity contribution in [1.82, 2.24) is 5.43 Å². The summed E-state index contributed by atoms with van der Waals surface area (Å²) in [5, 5.41) is 8.33. The third-order valence-electron chi connectivity index (χ3n) is 2.94. The molecular formula is C16H16ClN3OS. The fourth-order valence-corrected chi connectivity index (χ4v) is 2.22. The summed E-state index contributed by atoms with van der Waals surface area (Å²) in [7, 11) is 1.63. The van der Waals surface area contributed by atoms with E-state index < -0.39 is 0 Å². The maximum atomic E-state index is 6.12. The van der Waals surface area contributed by atoms with Gasteiger partial charge in [-0.2, -0.15) is 5.10 Å². The second-order valence-corrected chi connectivity index (χ2v) is 5.29. The molecule has 0 aliphatic carbocycles. The topological polar surface area (TPSA) is 45.6 Å². The normalized spacial score (nSPS) is 11.0. The predicted octanol–water partition coefficient (Wildman–Crippen LogP) is 4.06. The number of rotatable bonds is 4. The number of hydrazone groups is 1. The molecule has 114 valence electrons. The first-order chi connectivity index (χ1) is 10.6. The van der Waals surface area contributed by atoms with Crippen LogP contribution in [0.5, 0.6) is 5.75 Å². The SMILES string of the molecule is COc1ccc(NC(=S)N/N=C(/C)c2ccccc2Cl)cc1. The highest BCUT2D eigenvalue weighted by Gasteiger charge is 2.03. The Morgan fingerprint density at radius 1 is 1.14 bits per heavy atom. The van der Waals surface area contributed by atoms with E-state index in [4.69, 9.17) is 28.6 Å². The van der Waals surface area contributed by atoms with Crippen LogP contribution in [0, 0.1) is 0 Å². The van der Waals surface area contributed by atoms with Crippen LogP contribution in [0.2, 0.25) is 5.02 Å². The molecule has 2 aromatic carbocycles. The van der Waals surface area contributed by atoms with E-state index in [9.17, 15) is 0 Å². The number of nitrogens with zero attached hydrogens (tertiary/aromatic N) is 1. The van der Waals surface area contributed by atoms with Crippen molar-refractivity contribution >= 4 is 40.3 Å². The molecule has 0 unspecified atom stereocenters. The molecule has 0 heterocycles. The number of hydrogen-bond acceptors (Lipinski definition) is 3. The van der Waals surface area contributed by atoms with E-state index in [0.717, 1.165) is 22.7 Å². The number of nitrogens with one attached hydrogen (secondary N) is 2. The van der Waals surface area contributed by atoms with Crippen LogP contribution in [-0.4, -0.2) is 17.9 Å². The van der Waals surface area contributed by atoms with Gasteiger partial charge in [0, 0.05) is 16.3 Å². The van der Waals surface area contributed by atoms with Crippen LogP contribution in [0.25, 0.3) is 0 Å². The number of anilines is 1. The Labute approximate surface area is 140 Å². The number of hydrogen-bond donors (Lipinski definition) is 2. The second kappa shape index (κ2) is 7.77. The number of halogens is 1. The number of methoxy groups -OCH3 is 1. The fourth-order valence-electron chi connectivity index (χ4n) is 1.78. The molecule has 0 aromatic heterocycles. The average Bonchev–Trinajstić information content (AvgIpc) is 2.54. The van der Waals surface area contributed by atoms with Crippen LogP contribution in [0.3, 0.4) is 0 Å². The Balaban J connectivity index is 1.97. The highest BCUT2D eigenvalue weighted by Crippen LogP contribution is 2.16. The molecule has 0 bridgehead atoms. The molecule has 2 aromatic rings. The summed E-state index contributed by atoms with van der Waals surface area (Å²) >= 11 is 11.3. The van der Waals surface area contributed by atoms with E-state index in [2.05, 4.69) is 15.8 Å². The number of thiocarbonyl (C=S) groups is 1. The van der Waals surface area contributed by atoms with E-state index in [1.807, 2.05) is 55.5 Å². The van der Waals surface area contributed by atoms with Crippen molar-refractivity contribution in [3.05, 3.63) is 59.1 Å². The number of benzene rings is 2. The van der Waals surface area contributed by atoms with Gasteiger partial charge in [0.15, 0.2) is 5.11 Å². The quantitative estimate of drug-likeness (QED) is 0.503. The Kier molecular flexibility index (Phi) is 5.75. The van der Waals surface area contributed by atoms with Gasteiger partial charge in [0.05, 0.1) is 12.8 Å². The van der Waals surface area contributed by atoms with Gasteiger partial charge in [-0.25, -0.2) is 0 Å². The minimum absolute atomic E-state index is 0.400. The smallest absolute Gasteiger partial charge is 0.191 e. The minimum atomic E-state index is 0.400. The lowest BCUT2D eigenvalue weighted by atomic mass is 10.1. The highest BCUT2D eigenvalue weighted by atomic mass is 35.5. The van der Waals surface area contributed by atoms with Gasteiger partial charge in [0.25, 0.3) is 0 Å². The van der Waals surface area contributed by atoms with Crippen LogP contribution in [0.4, 0.5) is 5.69 Å². The minimum Gasteiger partial charge on any atom is -0.497 e. The summed E-state index contributed by atoms with van der Waals surface area (Å²) in [4.78, 5) is 0. The molecule has 0 atom stereocenters. The first-order valence-corrected chi connectivity index (χ1v) is 7.39. The van der Waals surface area contributed by atoms with Crippen LogP contribution in [0.1, 0.15) is 12.5 Å². The van der Waals surface area contributed by atoms with Gasteiger partial charge in [-0.3, -0.25) is 5.43 Å². The van der Waals surface area contributed by atoms with Crippen LogP contribution < -0.4 is 15.5 Å². The van der Waals surface area contributed by atoms with Crippen LogP contribution >= 0.6 is 23.8 Å². The van der Waals surface area contributed by atoms with Crippen molar-refractivity contribution in [3.8, 4) is 5.75 Å². The van der Waals surface area contributed by atoms with E-state index in [-0.39, 0.29) is 0 Å². The van der Waals surface area contributed by atoms with E-state index >= 15 is 0 Å². The lowest BCUT2D eigenvalue weighted by molar-refractivity contribution is 0.415. The standard InChI is InChI=1S/C16H16ClN3OS/c1-11(14-5-3-4-6-15(14)17)19-20-16(22)18-12-7-9-13(21-2)10-8-12/h3-10H,1-2H3,(H2,18,20,22)/b19-11-. The van der Waals surface area contributed by atoms with Crippen molar-refractivity contribution in [2.75, 3.05) is 12.4 Å². The number of ether oxygens (including phenoxy) is 1. The molecule has 2 N–H and O–H groups in total. The van der Waals surface area contributed by atoms with Gasteiger partial charge in [0.1, 0.15) is 5.75 Å². The molecule has 0 aliphatic rings. The zero-order valence-electron chi connectivity index (χ0n) is 12.3.